The summed E-state index contributed by atoms with van der Waals surface area (Å²) in [6.07, 6.45) is 0.434. The highest BCUT2D eigenvalue weighted by molar-refractivity contribution is 7.22. The number of rotatable bonds is 8. The molecule has 6 heteroatoms. The van der Waals surface area contributed by atoms with Gasteiger partial charge in [-0.15, -0.1) is 11.3 Å². The highest BCUT2D eigenvalue weighted by Crippen LogP contribution is 2.32. The van der Waals surface area contributed by atoms with Crippen LogP contribution in [-0.2, 0) is 11.2 Å². The molecule has 0 aliphatic rings. The molecule has 144 valence electrons. The normalized spacial score (nSPS) is 11.4. The molecule has 2 aromatic heterocycles. The zero-order valence-electron chi connectivity index (χ0n) is 16.5. The van der Waals surface area contributed by atoms with Gasteiger partial charge in [0.15, 0.2) is 5.13 Å². The molecule has 27 heavy (non-hydrogen) atoms. The molecular weight excluding hydrogens is 374 g/mol. The van der Waals surface area contributed by atoms with E-state index in [0.717, 1.165) is 39.9 Å². The first-order chi connectivity index (χ1) is 13.0. The molecule has 0 atom stereocenters. The summed E-state index contributed by atoms with van der Waals surface area (Å²) in [7, 11) is 0. The van der Waals surface area contributed by atoms with Gasteiger partial charge in [0, 0.05) is 18.0 Å². The molecule has 0 spiro atoms. The van der Waals surface area contributed by atoms with Crippen LogP contribution in [0, 0.1) is 13.8 Å². The number of benzene rings is 1. The number of likely N-dealkylation sites (N-methyl/N-ethyl adjacent to an activating group) is 1. The van der Waals surface area contributed by atoms with Crippen LogP contribution >= 0.6 is 22.7 Å². The average molecular weight is 402 g/mol. The van der Waals surface area contributed by atoms with Crippen molar-refractivity contribution < 1.29 is 4.79 Å². The van der Waals surface area contributed by atoms with Gasteiger partial charge in [-0.05, 0) is 55.6 Å². The zero-order valence-corrected chi connectivity index (χ0v) is 18.1. The fraction of sp³-hybridized carbons (Fsp3) is 0.429. The topological polar surface area (TPSA) is 36.4 Å². The molecule has 0 unspecified atom stereocenters. The molecule has 0 bridgehead atoms. The molecule has 3 aromatic rings. The van der Waals surface area contributed by atoms with Gasteiger partial charge in [0.05, 0.1) is 16.6 Å². The molecule has 0 saturated heterocycles. The van der Waals surface area contributed by atoms with Gasteiger partial charge in [-0.1, -0.05) is 37.3 Å². The minimum Gasteiger partial charge on any atom is -0.302 e. The molecule has 2 heterocycles. The van der Waals surface area contributed by atoms with Crippen LogP contribution in [0.3, 0.4) is 0 Å². The van der Waals surface area contributed by atoms with Gasteiger partial charge in [0.25, 0.3) is 0 Å². The summed E-state index contributed by atoms with van der Waals surface area (Å²) >= 11 is 3.25. The van der Waals surface area contributed by atoms with Crippen molar-refractivity contribution in [2.24, 2.45) is 0 Å². The van der Waals surface area contributed by atoms with Gasteiger partial charge < -0.3 is 4.90 Å². The number of amides is 1. The number of fused-ring (bicyclic) bond motifs is 1. The van der Waals surface area contributed by atoms with E-state index in [1.54, 1.807) is 22.7 Å². The molecule has 3 rings (SSSR count). The first-order valence-electron chi connectivity index (χ1n) is 9.44. The summed E-state index contributed by atoms with van der Waals surface area (Å²) in [6.45, 7) is 12.0. The van der Waals surface area contributed by atoms with Crippen LogP contribution in [0.15, 0.2) is 29.6 Å². The molecule has 0 saturated carbocycles. The standard InChI is InChI=1S/C21H27N3OS2/c1-5-23(6-2)9-10-24(19(25)14-17-8-7-11-26-17)21-22-20-16(4)12-15(3)13-18(20)27-21/h7-8,11-13H,5-6,9-10,14H2,1-4H3. The van der Waals surface area contributed by atoms with Crippen molar-refractivity contribution in [2.45, 2.75) is 34.1 Å². The molecule has 0 N–H and O–H groups in total. The van der Waals surface area contributed by atoms with Gasteiger partial charge in [0.2, 0.25) is 5.91 Å². The number of thiophene rings is 1. The number of carbonyl (C=O) groups excluding carboxylic acids is 1. The van der Waals surface area contributed by atoms with Gasteiger partial charge in [-0.25, -0.2) is 4.98 Å². The fourth-order valence-corrected chi connectivity index (χ4v) is 5.12. The van der Waals surface area contributed by atoms with E-state index in [2.05, 4.69) is 44.7 Å². The summed E-state index contributed by atoms with van der Waals surface area (Å²) in [5.41, 5.74) is 3.41. The maximum Gasteiger partial charge on any atom is 0.234 e. The number of nitrogens with zero attached hydrogens (tertiary/aromatic N) is 3. The summed E-state index contributed by atoms with van der Waals surface area (Å²) in [5.74, 6) is 0.123. The minimum atomic E-state index is 0.123. The highest BCUT2D eigenvalue weighted by atomic mass is 32.1. The van der Waals surface area contributed by atoms with E-state index in [1.165, 1.54) is 11.1 Å². The largest absolute Gasteiger partial charge is 0.302 e. The second kappa shape index (κ2) is 8.95. The molecule has 1 aromatic carbocycles. The number of hydrogen-bond donors (Lipinski definition) is 0. The van der Waals surface area contributed by atoms with Gasteiger partial charge in [-0.2, -0.15) is 0 Å². The minimum absolute atomic E-state index is 0.123. The Labute approximate surface area is 169 Å². The van der Waals surface area contributed by atoms with E-state index in [9.17, 15) is 4.79 Å². The zero-order chi connectivity index (χ0) is 19.4. The second-order valence-electron chi connectivity index (χ2n) is 6.75. The number of aryl methyl sites for hydroxylation is 2. The number of anilines is 1. The van der Waals surface area contributed by atoms with E-state index in [0.29, 0.717) is 13.0 Å². The third-order valence-corrected chi connectivity index (χ3v) is 6.69. The van der Waals surface area contributed by atoms with Crippen LogP contribution in [0.25, 0.3) is 10.2 Å². The Morgan fingerprint density at radius 2 is 1.93 bits per heavy atom. The van der Waals surface area contributed by atoms with E-state index in [4.69, 9.17) is 4.98 Å². The smallest absolute Gasteiger partial charge is 0.234 e. The van der Waals surface area contributed by atoms with E-state index < -0.39 is 0 Å². The molecule has 0 aliphatic heterocycles. The number of carbonyl (C=O) groups is 1. The summed E-state index contributed by atoms with van der Waals surface area (Å²) in [6, 6.07) is 8.34. The fourth-order valence-electron chi connectivity index (χ4n) is 3.24. The highest BCUT2D eigenvalue weighted by Gasteiger charge is 2.21. The van der Waals surface area contributed by atoms with Crippen molar-refractivity contribution in [1.29, 1.82) is 0 Å². The Hall–Kier alpha value is -1.76. The Morgan fingerprint density at radius 1 is 1.15 bits per heavy atom. The molecule has 1 amide bonds. The van der Waals surface area contributed by atoms with Crippen LogP contribution in [-0.4, -0.2) is 42.0 Å². The van der Waals surface area contributed by atoms with Crippen molar-refractivity contribution in [1.82, 2.24) is 9.88 Å². The Balaban J connectivity index is 1.90. The molecular formula is C21H27N3OS2. The van der Waals surface area contributed by atoms with Crippen LogP contribution in [0.5, 0.6) is 0 Å². The lowest BCUT2D eigenvalue weighted by Gasteiger charge is -2.24. The predicted octanol–water partition coefficient (Wildman–Crippen LogP) is 4.89. The summed E-state index contributed by atoms with van der Waals surface area (Å²) in [4.78, 5) is 23.3. The summed E-state index contributed by atoms with van der Waals surface area (Å²) < 4.78 is 1.15. The van der Waals surface area contributed by atoms with Crippen molar-refractivity contribution >= 4 is 43.9 Å². The first-order valence-corrected chi connectivity index (χ1v) is 11.1. The second-order valence-corrected chi connectivity index (χ2v) is 8.79. The third kappa shape index (κ3) is 4.75. The lowest BCUT2D eigenvalue weighted by molar-refractivity contribution is -0.118. The van der Waals surface area contributed by atoms with Gasteiger partial charge >= 0.3 is 0 Å². The van der Waals surface area contributed by atoms with Crippen LogP contribution in [0.2, 0.25) is 0 Å². The molecule has 0 fully saturated rings. The Bertz CT molecular complexity index is 898. The van der Waals surface area contributed by atoms with Crippen LogP contribution < -0.4 is 4.90 Å². The lowest BCUT2D eigenvalue weighted by atomic mass is 10.1. The molecule has 0 radical (unpaired) electrons. The number of thiazole rings is 1. The monoisotopic (exact) mass is 401 g/mol. The van der Waals surface area contributed by atoms with E-state index >= 15 is 0 Å². The van der Waals surface area contributed by atoms with Crippen molar-refractivity contribution in [3.8, 4) is 0 Å². The van der Waals surface area contributed by atoms with Crippen LogP contribution in [0.1, 0.15) is 29.9 Å². The average Bonchev–Trinajstić information content (AvgIpc) is 3.28. The van der Waals surface area contributed by atoms with E-state index in [-0.39, 0.29) is 5.91 Å². The Morgan fingerprint density at radius 3 is 2.59 bits per heavy atom. The van der Waals surface area contributed by atoms with Crippen molar-refractivity contribution in [3.05, 3.63) is 45.6 Å². The number of aromatic nitrogens is 1. The Kier molecular flexibility index (Phi) is 6.63. The SMILES string of the molecule is CCN(CC)CCN(C(=O)Cc1cccs1)c1nc2c(C)cc(C)cc2s1. The maximum absolute atomic E-state index is 13.1. The quantitative estimate of drug-likeness (QED) is 0.539. The van der Waals surface area contributed by atoms with Gasteiger partial charge in [0.1, 0.15) is 0 Å². The van der Waals surface area contributed by atoms with Crippen LogP contribution in [0.4, 0.5) is 5.13 Å². The summed E-state index contributed by atoms with van der Waals surface area (Å²) in [5, 5.41) is 2.83. The third-order valence-electron chi connectivity index (χ3n) is 4.79. The van der Waals surface area contributed by atoms with Gasteiger partial charge in [-0.3, -0.25) is 9.69 Å². The van der Waals surface area contributed by atoms with E-state index in [1.807, 2.05) is 22.4 Å². The molecule has 0 aliphatic carbocycles. The lowest BCUT2D eigenvalue weighted by Crippen LogP contribution is -2.39. The number of hydrogen-bond acceptors (Lipinski definition) is 5. The molecule has 4 nitrogen and oxygen atoms in total. The first kappa shape index (κ1) is 20.0. The predicted molar refractivity (Wildman–Crippen MR) is 117 cm³/mol. The van der Waals surface area contributed by atoms with Crippen molar-refractivity contribution in [3.63, 3.8) is 0 Å². The maximum atomic E-state index is 13.1. The van der Waals surface area contributed by atoms with Crippen molar-refractivity contribution in [2.75, 3.05) is 31.1 Å².